The topological polar surface area (TPSA) is 77.8 Å². The van der Waals surface area contributed by atoms with Crippen molar-refractivity contribution in [1.29, 1.82) is 5.26 Å². The summed E-state index contributed by atoms with van der Waals surface area (Å²) >= 11 is 0. The Morgan fingerprint density at radius 3 is 2.48 bits per heavy atom. The summed E-state index contributed by atoms with van der Waals surface area (Å²) in [5.41, 5.74) is 2.32. The fourth-order valence-corrected chi connectivity index (χ4v) is 3.31. The van der Waals surface area contributed by atoms with E-state index in [2.05, 4.69) is 16.3 Å². The molecular weight excluding hydrogens is 368 g/mol. The predicted octanol–water partition coefficient (Wildman–Crippen LogP) is 2.73. The van der Waals surface area contributed by atoms with Crippen LogP contribution in [0.15, 0.2) is 42.5 Å². The van der Waals surface area contributed by atoms with Gasteiger partial charge in [-0.15, -0.1) is 0 Å². The lowest BCUT2D eigenvalue weighted by Crippen LogP contribution is -2.50. The number of piperazine rings is 1. The molecule has 0 unspecified atom stereocenters. The monoisotopic (exact) mass is 394 g/mol. The summed E-state index contributed by atoms with van der Waals surface area (Å²) in [5, 5.41) is 12.2. The van der Waals surface area contributed by atoms with Crippen LogP contribution < -0.4 is 19.7 Å². The Hall–Kier alpha value is -3.40. The van der Waals surface area contributed by atoms with Gasteiger partial charge in [-0.25, -0.2) is 0 Å². The minimum Gasteiger partial charge on any atom is -0.497 e. The Kier molecular flexibility index (Phi) is 6.80. The summed E-state index contributed by atoms with van der Waals surface area (Å²) in [6, 6.07) is 15.2. The average Bonchev–Trinajstić information content (AvgIpc) is 2.78. The van der Waals surface area contributed by atoms with Crippen LogP contribution in [0, 0.1) is 11.3 Å². The maximum atomic E-state index is 12.6. The van der Waals surface area contributed by atoms with Gasteiger partial charge >= 0.3 is 0 Å². The number of methoxy groups -OCH3 is 1. The molecule has 2 aromatic carbocycles. The number of carbonyl (C=O) groups is 1. The molecule has 29 heavy (non-hydrogen) atoms. The third kappa shape index (κ3) is 5.11. The van der Waals surface area contributed by atoms with Crippen LogP contribution in [0.1, 0.15) is 12.5 Å². The van der Waals surface area contributed by atoms with Crippen LogP contribution in [0.25, 0.3) is 0 Å². The fourth-order valence-electron chi connectivity index (χ4n) is 3.31. The highest BCUT2D eigenvalue weighted by Crippen LogP contribution is 2.26. The molecule has 1 fully saturated rings. The number of nitriles is 1. The molecule has 152 valence electrons. The first-order chi connectivity index (χ1) is 14.1. The molecular formula is C22H26N4O3. The molecule has 7 heteroatoms. The number of ether oxygens (including phenoxy) is 2. The van der Waals surface area contributed by atoms with Gasteiger partial charge in [0, 0.05) is 31.9 Å². The number of rotatable bonds is 7. The maximum absolute atomic E-state index is 12.6. The van der Waals surface area contributed by atoms with E-state index in [0.717, 1.165) is 24.5 Å². The first-order valence-electron chi connectivity index (χ1n) is 9.72. The van der Waals surface area contributed by atoms with Crippen molar-refractivity contribution in [2.24, 2.45) is 0 Å². The van der Waals surface area contributed by atoms with E-state index in [-0.39, 0.29) is 12.5 Å². The van der Waals surface area contributed by atoms with E-state index in [9.17, 15) is 4.79 Å². The van der Waals surface area contributed by atoms with E-state index in [1.807, 2.05) is 36.1 Å². The van der Waals surface area contributed by atoms with E-state index in [0.29, 0.717) is 36.7 Å². The van der Waals surface area contributed by atoms with E-state index in [1.165, 1.54) is 0 Å². The van der Waals surface area contributed by atoms with Crippen molar-refractivity contribution in [2.45, 2.75) is 6.92 Å². The SMILES string of the molecule is CCOc1ccc(C#N)cc1NCC(=O)N1CCN(c2ccc(OC)cc2)CC1. The molecule has 0 aliphatic carbocycles. The van der Waals surface area contributed by atoms with Crippen LogP contribution in [0.5, 0.6) is 11.5 Å². The molecule has 7 nitrogen and oxygen atoms in total. The summed E-state index contributed by atoms with van der Waals surface area (Å²) in [6.45, 7) is 5.49. The van der Waals surface area contributed by atoms with Gasteiger partial charge in [0.1, 0.15) is 11.5 Å². The Morgan fingerprint density at radius 2 is 1.86 bits per heavy atom. The number of benzene rings is 2. The molecule has 0 spiro atoms. The number of hydrogen-bond acceptors (Lipinski definition) is 6. The van der Waals surface area contributed by atoms with Crippen molar-refractivity contribution in [3.05, 3.63) is 48.0 Å². The van der Waals surface area contributed by atoms with Gasteiger partial charge in [0.05, 0.1) is 37.6 Å². The molecule has 0 saturated carbocycles. The maximum Gasteiger partial charge on any atom is 0.241 e. The smallest absolute Gasteiger partial charge is 0.241 e. The quantitative estimate of drug-likeness (QED) is 0.778. The molecule has 1 aliphatic rings. The van der Waals surface area contributed by atoms with Crippen LogP contribution in [0.2, 0.25) is 0 Å². The molecule has 3 rings (SSSR count). The molecule has 1 saturated heterocycles. The standard InChI is InChI=1S/C22H26N4O3/c1-3-29-21-9-4-17(15-23)14-20(21)24-16-22(27)26-12-10-25(11-13-26)18-5-7-19(28-2)8-6-18/h4-9,14,24H,3,10-13,16H2,1-2H3. The third-order valence-electron chi connectivity index (χ3n) is 4.91. The highest BCUT2D eigenvalue weighted by atomic mass is 16.5. The largest absolute Gasteiger partial charge is 0.497 e. The number of nitrogens with one attached hydrogen (secondary N) is 1. The zero-order valence-electron chi connectivity index (χ0n) is 16.9. The Bertz CT molecular complexity index is 869. The van der Waals surface area contributed by atoms with Gasteiger partial charge in [-0.05, 0) is 49.4 Å². The highest BCUT2D eigenvalue weighted by molar-refractivity contribution is 5.82. The number of amides is 1. The second-order valence-electron chi connectivity index (χ2n) is 6.68. The molecule has 0 bridgehead atoms. The van der Waals surface area contributed by atoms with Crippen molar-refractivity contribution in [3.63, 3.8) is 0 Å². The minimum atomic E-state index is 0.0317. The Morgan fingerprint density at radius 1 is 1.14 bits per heavy atom. The van der Waals surface area contributed by atoms with Crippen LogP contribution >= 0.6 is 0 Å². The lowest BCUT2D eigenvalue weighted by Gasteiger charge is -2.36. The molecule has 1 amide bonds. The summed E-state index contributed by atoms with van der Waals surface area (Å²) in [6.07, 6.45) is 0. The van der Waals surface area contributed by atoms with E-state index in [4.69, 9.17) is 14.7 Å². The zero-order chi connectivity index (χ0) is 20.6. The van der Waals surface area contributed by atoms with Crippen molar-refractivity contribution in [3.8, 4) is 17.6 Å². The van der Waals surface area contributed by atoms with Gasteiger partial charge in [-0.3, -0.25) is 4.79 Å². The minimum absolute atomic E-state index is 0.0317. The van der Waals surface area contributed by atoms with Gasteiger partial charge in [-0.1, -0.05) is 0 Å². The summed E-state index contributed by atoms with van der Waals surface area (Å²) < 4.78 is 10.8. The first kappa shape index (κ1) is 20.3. The van der Waals surface area contributed by atoms with E-state index >= 15 is 0 Å². The van der Waals surface area contributed by atoms with Crippen LogP contribution in [0.4, 0.5) is 11.4 Å². The van der Waals surface area contributed by atoms with Gasteiger partial charge in [0.15, 0.2) is 0 Å². The molecule has 0 atom stereocenters. The molecule has 0 radical (unpaired) electrons. The van der Waals surface area contributed by atoms with Crippen LogP contribution in [-0.2, 0) is 4.79 Å². The molecule has 1 N–H and O–H groups in total. The molecule has 1 aliphatic heterocycles. The number of anilines is 2. The first-order valence-corrected chi connectivity index (χ1v) is 9.72. The molecule has 2 aromatic rings. The van der Waals surface area contributed by atoms with Crippen molar-refractivity contribution in [1.82, 2.24) is 4.90 Å². The second-order valence-corrected chi connectivity index (χ2v) is 6.68. The zero-order valence-corrected chi connectivity index (χ0v) is 16.9. The lowest BCUT2D eigenvalue weighted by atomic mass is 10.2. The summed E-state index contributed by atoms with van der Waals surface area (Å²) in [5.74, 6) is 1.51. The van der Waals surface area contributed by atoms with E-state index < -0.39 is 0 Å². The lowest BCUT2D eigenvalue weighted by molar-refractivity contribution is -0.129. The van der Waals surface area contributed by atoms with Gasteiger partial charge in [0.2, 0.25) is 5.91 Å². The third-order valence-corrected chi connectivity index (χ3v) is 4.91. The number of nitrogens with zero attached hydrogens (tertiary/aromatic N) is 3. The predicted molar refractivity (Wildman–Crippen MR) is 113 cm³/mol. The number of carbonyl (C=O) groups excluding carboxylic acids is 1. The highest BCUT2D eigenvalue weighted by Gasteiger charge is 2.21. The van der Waals surface area contributed by atoms with Crippen molar-refractivity contribution in [2.75, 3.05) is 56.7 Å². The molecule has 0 aromatic heterocycles. The van der Waals surface area contributed by atoms with Crippen LogP contribution in [0.3, 0.4) is 0 Å². The summed E-state index contributed by atoms with van der Waals surface area (Å²) in [4.78, 5) is 16.8. The Labute approximate surface area is 171 Å². The van der Waals surface area contributed by atoms with Crippen LogP contribution in [-0.4, -0.2) is 57.2 Å². The second kappa shape index (κ2) is 9.69. The normalized spacial score (nSPS) is 13.6. The average molecular weight is 394 g/mol. The van der Waals surface area contributed by atoms with Gasteiger partial charge < -0.3 is 24.6 Å². The van der Waals surface area contributed by atoms with E-state index in [1.54, 1.807) is 25.3 Å². The van der Waals surface area contributed by atoms with Gasteiger partial charge in [-0.2, -0.15) is 5.26 Å². The Balaban J connectivity index is 1.54. The number of hydrogen-bond donors (Lipinski definition) is 1. The van der Waals surface area contributed by atoms with Crippen molar-refractivity contribution >= 4 is 17.3 Å². The summed E-state index contributed by atoms with van der Waals surface area (Å²) in [7, 11) is 1.65. The van der Waals surface area contributed by atoms with Crippen molar-refractivity contribution < 1.29 is 14.3 Å². The van der Waals surface area contributed by atoms with Gasteiger partial charge in [0.25, 0.3) is 0 Å². The molecule has 1 heterocycles. The fraction of sp³-hybridized carbons (Fsp3) is 0.364.